The van der Waals surface area contributed by atoms with Crippen LogP contribution in [0.25, 0.3) is 0 Å². The SMILES string of the molecule is CC(=O)N(OCc1ccccc1)C1CCC(C#N)N(CC(=O)OC(C)(C)C)C1.CON(C(C)=O)C1CCC(C#N)N(CC(N)=O)C1. The van der Waals surface area contributed by atoms with Crippen molar-refractivity contribution in [2.45, 2.75) is 96.7 Å². The van der Waals surface area contributed by atoms with E-state index in [-0.39, 0.29) is 61.6 Å². The number of piperidine rings is 2. The van der Waals surface area contributed by atoms with Gasteiger partial charge in [-0.3, -0.25) is 38.7 Å². The maximum absolute atomic E-state index is 12.2. The fraction of sp³-hybridized carbons (Fsp3) is 0.625. The standard InChI is InChI=1S/C21H29N3O4.C11H18N4O3/c1-16(25)24(27-15-17-8-6-5-7-9-17)19-11-10-18(12-22)23(13-19)14-20(26)28-21(2,3)4;1-8(16)15(18-2)10-4-3-9(5-12)14(6-10)7-11(13)17/h5-9,18-19H,10-11,13-15H2,1-4H3;9-10H,3-4,6-7H2,1-2H3,(H2,13,17). The number of carbonyl (C=O) groups excluding carboxylic acids is 4. The topological polar surface area (TPSA) is 183 Å². The Hall–Kier alpha value is -4.08. The average molecular weight is 642 g/mol. The van der Waals surface area contributed by atoms with Gasteiger partial charge < -0.3 is 10.5 Å². The molecule has 0 spiro atoms. The van der Waals surface area contributed by atoms with E-state index >= 15 is 0 Å². The Morgan fingerprint density at radius 2 is 1.37 bits per heavy atom. The van der Waals surface area contributed by atoms with Gasteiger partial charge in [-0.05, 0) is 52.0 Å². The van der Waals surface area contributed by atoms with Crippen LogP contribution < -0.4 is 5.73 Å². The summed E-state index contributed by atoms with van der Waals surface area (Å²) in [7, 11) is 1.43. The van der Waals surface area contributed by atoms with Crippen molar-refractivity contribution >= 4 is 23.7 Å². The molecule has 4 unspecified atom stereocenters. The molecule has 2 heterocycles. The fourth-order valence-corrected chi connectivity index (χ4v) is 5.52. The molecule has 0 aliphatic carbocycles. The molecule has 0 saturated carbocycles. The zero-order chi connectivity index (χ0) is 34.4. The number of esters is 1. The number of nitriles is 2. The summed E-state index contributed by atoms with van der Waals surface area (Å²) < 4.78 is 5.38. The quantitative estimate of drug-likeness (QED) is 0.291. The number of nitrogens with zero attached hydrogens (tertiary/aromatic N) is 6. The van der Waals surface area contributed by atoms with Crippen molar-refractivity contribution in [1.29, 1.82) is 10.5 Å². The molecule has 3 rings (SSSR count). The third-order valence-electron chi connectivity index (χ3n) is 7.42. The third-order valence-corrected chi connectivity index (χ3v) is 7.42. The number of primary amides is 1. The fourth-order valence-electron chi connectivity index (χ4n) is 5.52. The predicted molar refractivity (Wildman–Crippen MR) is 166 cm³/mol. The van der Waals surface area contributed by atoms with Gasteiger partial charge in [-0.25, -0.2) is 10.1 Å². The molecule has 2 saturated heterocycles. The van der Waals surface area contributed by atoms with E-state index in [4.69, 9.17) is 25.4 Å². The monoisotopic (exact) mass is 641 g/mol. The van der Waals surface area contributed by atoms with Gasteiger partial charge >= 0.3 is 5.97 Å². The molecule has 2 aliphatic heterocycles. The molecule has 252 valence electrons. The molecule has 46 heavy (non-hydrogen) atoms. The van der Waals surface area contributed by atoms with E-state index in [2.05, 4.69) is 12.1 Å². The van der Waals surface area contributed by atoms with Gasteiger partial charge in [-0.2, -0.15) is 10.5 Å². The second-order valence-corrected chi connectivity index (χ2v) is 12.3. The van der Waals surface area contributed by atoms with Crippen LogP contribution in [-0.2, 0) is 40.2 Å². The maximum Gasteiger partial charge on any atom is 0.320 e. The number of nitrogens with two attached hydrogens (primary N) is 1. The number of hydrogen-bond donors (Lipinski definition) is 1. The largest absolute Gasteiger partial charge is 0.459 e. The first kappa shape index (κ1) is 38.1. The highest BCUT2D eigenvalue weighted by Gasteiger charge is 2.36. The number of likely N-dealkylation sites (tertiary alicyclic amines) is 2. The lowest BCUT2D eigenvalue weighted by molar-refractivity contribution is -0.210. The van der Waals surface area contributed by atoms with Crippen molar-refractivity contribution in [3.8, 4) is 12.1 Å². The van der Waals surface area contributed by atoms with Gasteiger partial charge in [-0.1, -0.05) is 30.3 Å². The molecular formula is C32H47N7O7. The summed E-state index contributed by atoms with van der Waals surface area (Å²) >= 11 is 0. The number of ether oxygens (including phenoxy) is 1. The first-order valence-corrected chi connectivity index (χ1v) is 15.3. The molecule has 0 aromatic heterocycles. The first-order valence-electron chi connectivity index (χ1n) is 15.3. The Morgan fingerprint density at radius 1 is 0.870 bits per heavy atom. The molecule has 14 heteroatoms. The summed E-state index contributed by atoms with van der Waals surface area (Å²) in [5.74, 6) is -1.26. The van der Waals surface area contributed by atoms with Crippen LogP contribution in [0.5, 0.6) is 0 Å². The van der Waals surface area contributed by atoms with E-state index in [1.165, 1.54) is 31.1 Å². The summed E-state index contributed by atoms with van der Waals surface area (Å²) in [5, 5.41) is 21.1. The summed E-state index contributed by atoms with van der Waals surface area (Å²) in [6.07, 6.45) is 2.45. The molecule has 1 aromatic carbocycles. The van der Waals surface area contributed by atoms with Crippen LogP contribution in [0.1, 0.15) is 65.9 Å². The van der Waals surface area contributed by atoms with Gasteiger partial charge in [0.15, 0.2) is 0 Å². The van der Waals surface area contributed by atoms with Crippen LogP contribution in [0.3, 0.4) is 0 Å². The van der Waals surface area contributed by atoms with Crippen LogP contribution in [0.15, 0.2) is 30.3 Å². The third kappa shape index (κ3) is 12.4. The Morgan fingerprint density at radius 3 is 1.80 bits per heavy atom. The molecular weight excluding hydrogens is 594 g/mol. The Bertz CT molecular complexity index is 1260. The summed E-state index contributed by atoms with van der Waals surface area (Å²) in [5.41, 5.74) is 5.53. The highest BCUT2D eigenvalue weighted by molar-refractivity contribution is 5.76. The van der Waals surface area contributed by atoms with E-state index in [1.807, 2.05) is 30.3 Å². The second kappa shape index (κ2) is 18.2. The van der Waals surface area contributed by atoms with Crippen molar-refractivity contribution < 1.29 is 33.6 Å². The van der Waals surface area contributed by atoms with Crippen LogP contribution in [0, 0.1) is 22.7 Å². The van der Waals surface area contributed by atoms with Gasteiger partial charge in [-0.15, -0.1) is 0 Å². The summed E-state index contributed by atoms with van der Waals surface area (Å²) in [6, 6.07) is 12.9. The second-order valence-electron chi connectivity index (χ2n) is 12.3. The van der Waals surface area contributed by atoms with Crippen molar-refractivity contribution in [3.05, 3.63) is 35.9 Å². The minimum Gasteiger partial charge on any atom is -0.459 e. The minimum absolute atomic E-state index is 0.0103. The molecule has 2 N–H and O–H groups in total. The van der Waals surface area contributed by atoms with E-state index in [0.29, 0.717) is 38.8 Å². The van der Waals surface area contributed by atoms with E-state index < -0.39 is 11.5 Å². The lowest BCUT2D eigenvalue weighted by Gasteiger charge is -2.40. The van der Waals surface area contributed by atoms with Crippen molar-refractivity contribution in [2.24, 2.45) is 5.73 Å². The van der Waals surface area contributed by atoms with Gasteiger partial charge in [0.2, 0.25) is 17.7 Å². The van der Waals surface area contributed by atoms with Crippen molar-refractivity contribution in [2.75, 3.05) is 33.3 Å². The van der Waals surface area contributed by atoms with Crippen LogP contribution in [0.2, 0.25) is 0 Å². The Balaban J connectivity index is 0.000000353. The summed E-state index contributed by atoms with van der Waals surface area (Å²) in [6.45, 7) is 9.39. The van der Waals surface area contributed by atoms with Crippen LogP contribution in [-0.4, -0.2) is 107 Å². The van der Waals surface area contributed by atoms with Gasteiger partial charge in [0.05, 0.1) is 56.5 Å². The Kier molecular flexibility index (Phi) is 15.0. The molecule has 0 bridgehead atoms. The molecule has 3 amide bonds. The zero-order valence-corrected chi connectivity index (χ0v) is 27.7. The van der Waals surface area contributed by atoms with E-state index in [9.17, 15) is 24.4 Å². The van der Waals surface area contributed by atoms with E-state index in [1.54, 1.807) is 30.6 Å². The average Bonchev–Trinajstić information content (AvgIpc) is 2.97. The van der Waals surface area contributed by atoms with Crippen molar-refractivity contribution in [1.82, 2.24) is 19.9 Å². The van der Waals surface area contributed by atoms with Crippen LogP contribution in [0.4, 0.5) is 0 Å². The highest BCUT2D eigenvalue weighted by Crippen LogP contribution is 2.23. The van der Waals surface area contributed by atoms with Gasteiger partial charge in [0.1, 0.15) is 12.2 Å². The molecule has 4 atom stereocenters. The maximum atomic E-state index is 12.2. The molecule has 1 aromatic rings. The number of carbonyl (C=O) groups is 4. The zero-order valence-electron chi connectivity index (χ0n) is 27.7. The number of rotatable bonds is 10. The smallest absolute Gasteiger partial charge is 0.320 e. The molecule has 2 aliphatic rings. The van der Waals surface area contributed by atoms with Gasteiger partial charge in [0.25, 0.3) is 0 Å². The predicted octanol–water partition coefficient (Wildman–Crippen LogP) is 1.90. The van der Waals surface area contributed by atoms with Crippen LogP contribution >= 0.6 is 0 Å². The molecule has 14 nitrogen and oxygen atoms in total. The number of amides is 3. The van der Waals surface area contributed by atoms with E-state index in [0.717, 1.165) is 5.56 Å². The lowest BCUT2D eigenvalue weighted by Crippen LogP contribution is -2.54. The highest BCUT2D eigenvalue weighted by atomic mass is 16.7. The summed E-state index contributed by atoms with van der Waals surface area (Å²) in [4.78, 5) is 61.0. The lowest BCUT2D eigenvalue weighted by atomic mass is 9.98. The number of hydrogen-bond acceptors (Lipinski definition) is 11. The van der Waals surface area contributed by atoms with Gasteiger partial charge in [0, 0.05) is 26.9 Å². The number of benzene rings is 1. The molecule has 0 radical (unpaired) electrons. The Labute approximate surface area is 271 Å². The first-order chi connectivity index (χ1) is 21.7. The normalized spacial score (nSPS) is 21.8. The minimum atomic E-state index is -0.585. The number of hydroxylamine groups is 4. The molecule has 2 fully saturated rings. The van der Waals surface area contributed by atoms with Crippen molar-refractivity contribution in [3.63, 3.8) is 0 Å².